The van der Waals surface area contributed by atoms with Gasteiger partial charge in [0.1, 0.15) is 0 Å². The Balaban J connectivity index is 0.796. The fourth-order valence-electron chi connectivity index (χ4n) is 19.0. The second kappa shape index (κ2) is 33.9. The Bertz CT molecular complexity index is 6600. The van der Waals surface area contributed by atoms with E-state index in [1.165, 1.54) is 33.4 Å². The Morgan fingerprint density at radius 1 is 0.220 bits per heavy atom. The van der Waals surface area contributed by atoms with Gasteiger partial charge in [0.2, 0.25) is 0 Å². The van der Waals surface area contributed by atoms with Gasteiger partial charge in [0.25, 0.3) is 0 Å². The first-order valence-corrected chi connectivity index (χ1v) is 43.5. The summed E-state index contributed by atoms with van der Waals surface area (Å²) in [4.78, 5) is 56.4. The number of hydrogen-bond donors (Lipinski definition) is 6. The topological polar surface area (TPSA) is 172 Å². The molecule has 11 aromatic rings. The van der Waals surface area contributed by atoms with Gasteiger partial charge in [-0.2, -0.15) is 0 Å². The maximum absolute atomic E-state index is 5.71. The van der Waals surface area contributed by atoms with Crippen molar-refractivity contribution in [3.8, 4) is 45.9 Å². The van der Waals surface area contributed by atoms with E-state index < -0.39 is 0 Å². The fraction of sp³-hybridized carbons (Fsp3) is 0.283. The Hall–Kier alpha value is -12.6. The second-order valence-corrected chi connectivity index (χ2v) is 32.2. The van der Waals surface area contributed by atoms with E-state index in [0.717, 1.165) is 256 Å². The van der Waals surface area contributed by atoms with E-state index in [0.29, 0.717) is 23.7 Å². The number of benzene rings is 2. The first-order chi connectivity index (χ1) is 57.8. The molecule has 118 heavy (non-hydrogen) atoms. The molecule has 0 spiro atoms. The van der Waals surface area contributed by atoms with E-state index in [9.17, 15) is 0 Å². The van der Waals surface area contributed by atoms with Crippen molar-refractivity contribution in [2.45, 2.75) is 196 Å². The van der Waals surface area contributed by atoms with Crippen molar-refractivity contribution in [1.82, 2.24) is 59.8 Å². The Labute approximate surface area is 693 Å². The third-order valence-electron chi connectivity index (χ3n) is 25.5. The van der Waals surface area contributed by atoms with Crippen LogP contribution >= 0.6 is 0 Å². The molecule has 0 saturated carbocycles. The molecule has 0 amide bonds. The van der Waals surface area contributed by atoms with Crippen molar-refractivity contribution in [1.29, 1.82) is 0 Å². The lowest BCUT2D eigenvalue weighted by Crippen LogP contribution is -2.00. The number of H-pyrrole nitrogens is 6. The molecule has 2 aromatic carbocycles. The first-order valence-electron chi connectivity index (χ1n) is 43.5. The lowest BCUT2D eigenvalue weighted by atomic mass is 9.92. The smallest absolute Gasteiger partial charge is 0.0815 e. The van der Waals surface area contributed by atoms with Gasteiger partial charge < -0.3 is 29.9 Å². The van der Waals surface area contributed by atoms with Gasteiger partial charge in [0.15, 0.2) is 0 Å². The van der Waals surface area contributed by atoms with E-state index >= 15 is 0 Å². The number of hydrogen-bond acceptors (Lipinski definition) is 6. The molecule has 12 nitrogen and oxygen atoms in total. The fourth-order valence-corrected chi connectivity index (χ4v) is 19.0. The highest BCUT2D eigenvalue weighted by atomic mass is 14.8. The molecular weight excluding hydrogens is 1440 g/mol. The van der Waals surface area contributed by atoms with Crippen LogP contribution in [0.15, 0.2) is 133 Å². The van der Waals surface area contributed by atoms with Gasteiger partial charge in [-0.15, -0.1) is 0 Å². The van der Waals surface area contributed by atoms with Crippen LogP contribution in [-0.2, 0) is 0 Å². The predicted molar refractivity (Wildman–Crippen MR) is 499 cm³/mol. The predicted octanol–water partition coefficient (Wildman–Crippen LogP) is 28.1. The minimum atomic E-state index is 0.205. The minimum Gasteiger partial charge on any atom is -0.355 e. The highest BCUT2D eigenvalue weighted by molar-refractivity contribution is 5.96. The molecule has 0 atom stereocenters. The van der Waals surface area contributed by atoms with Crippen LogP contribution < -0.4 is 0 Å². The Morgan fingerprint density at radius 3 is 0.771 bits per heavy atom. The van der Waals surface area contributed by atoms with Crippen LogP contribution in [-0.4, -0.2) is 59.8 Å². The summed E-state index contributed by atoms with van der Waals surface area (Å²) < 4.78 is 0. The Kier molecular flexibility index (Phi) is 22.4. The van der Waals surface area contributed by atoms with Crippen molar-refractivity contribution in [2.75, 3.05) is 0 Å². The highest BCUT2D eigenvalue weighted by Crippen LogP contribution is 2.43. The standard InChI is InChI=1S/C106H106N12/c1-13-65(14-2)99-83-41-35-73(107-83)61-74-36-42-84(108-74)100(66(15-3)16-4)88-50-46-80(112-88)77(79-45-49-87(99)111-79)39-29-63-27-33-72(34-28-63)106-97-59-55-93(117-97)103(69(21-9)22-10)89-51-47-81(113-89)78(82-48-52-90(114-82)104(70(23-11)24-12)94-56-60-98(106)118-94)40-30-64-25-31-71(32-26-64)105-95-57-53-91(115-95)101(67(17-5)18-6)85-43-37-75(109-85)62-76-38-44-86(110-76)102(68(19-7)20-8)92-54-58-96(105)116-92/h25-28,31-38,41-62,65-70,107,109,112-113,116,118H,13-24H2,1-12H3. The van der Waals surface area contributed by atoms with Crippen LogP contribution in [0.25, 0.3) is 161 Å². The summed E-state index contributed by atoms with van der Waals surface area (Å²) in [7, 11) is 0. The lowest BCUT2D eigenvalue weighted by molar-refractivity contribution is 0.642. The molecule has 24 bridgehead atoms. The van der Waals surface area contributed by atoms with Crippen LogP contribution in [0.4, 0.5) is 0 Å². The lowest BCUT2D eigenvalue weighted by Gasteiger charge is -2.14. The van der Waals surface area contributed by atoms with Gasteiger partial charge in [-0.3, -0.25) is 0 Å². The molecular formula is C106H106N12. The van der Waals surface area contributed by atoms with Crippen LogP contribution in [0.3, 0.4) is 0 Å². The normalized spacial score (nSPS) is 12.8. The maximum atomic E-state index is 5.71. The molecule has 17 rings (SSSR count). The van der Waals surface area contributed by atoms with Crippen LogP contribution in [0.2, 0.25) is 0 Å². The molecule has 6 aliphatic heterocycles. The van der Waals surface area contributed by atoms with E-state index in [1.807, 2.05) is 0 Å². The summed E-state index contributed by atoms with van der Waals surface area (Å²) in [6.45, 7) is 27.3. The summed E-state index contributed by atoms with van der Waals surface area (Å²) in [6, 6.07) is 48.3. The van der Waals surface area contributed by atoms with Crippen molar-refractivity contribution >= 4 is 139 Å². The molecule has 0 aliphatic carbocycles. The summed E-state index contributed by atoms with van der Waals surface area (Å²) in [5, 5.41) is 0. The zero-order valence-corrected chi connectivity index (χ0v) is 70.3. The molecule has 9 aromatic heterocycles. The van der Waals surface area contributed by atoms with E-state index in [1.54, 1.807) is 0 Å². The van der Waals surface area contributed by atoms with Crippen LogP contribution in [0, 0.1) is 23.7 Å². The summed E-state index contributed by atoms with van der Waals surface area (Å²) >= 11 is 0. The van der Waals surface area contributed by atoms with Gasteiger partial charge in [-0.1, -0.05) is 131 Å². The van der Waals surface area contributed by atoms with E-state index in [2.05, 4.69) is 343 Å². The van der Waals surface area contributed by atoms with Crippen molar-refractivity contribution in [2.24, 2.45) is 0 Å². The maximum Gasteiger partial charge on any atom is 0.0815 e. The minimum absolute atomic E-state index is 0.205. The highest BCUT2D eigenvalue weighted by Gasteiger charge is 2.27. The van der Waals surface area contributed by atoms with Gasteiger partial charge in [0.05, 0.1) is 90.5 Å². The third kappa shape index (κ3) is 14.9. The van der Waals surface area contributed by atoms with Crippen molar-refractivity contribution in [3.05, 3.63) is 257 Å². The summed E-state index contributed by atoms with van der Waals surface area (Å²) in [5.41, 5.74) is 38.0. The number of nitrogens with one attached hydrogen (secondary N) is 6. The summed E-state index contributed by atoms with van der Waals surface area (Å²) in [5.74, 6) is 16.4. The molecule has 6 aliphatic rings. The molecule has 0 radical (unpaired) electrons. The number of nitrogens with zero attached hydrogens (tertiary/aromatic N) is 6. The zero-order chi connectivity index (χ0) is 81.2. The van der Waals surface area contributed by atoms with E-state index in [4.69, 9.17) is 29.9 Å². The van der Waals surface area contributed by atoms with Crippen molar-refractivity contribution in [3.63, 3.8) is 0 Å². The quantitative estimate of drug-likeness (QED) is 0.0415. The number of rotatable bonds is 20. The number of fused-ring (bicyclic) bond motifs is 24. The number of aromatic nitrogens is 12. The molecule has 590 valence electrons. The number of aromatic amines is 6. The first kappa shape index (κ1) is 77.9. The van der Waals surface area contributed by atoms with Crippen molar-refractivity contribution < 1.29 is 0 Å². The monoisotopic (exact) mass is 1550 g/mol. The van der Waals surface area contributed by atoms with Gasteiger partial charge >= 0.3 is 0 Å². The van der Waals surface area contributed by atoms with Crippen LogP contribution in [0.1, 0.15) is 320 Å². The third-order valence-corrected chi connectivity index (χ3v) is 25.5. The zero-order valence-electron chi connectivity index (χ0n) is 70.3. The average molecular weight is 1550 g/mol. The van der Waals surface area contributed by atoms with Crippen LogP contribution in [0.5, 0.6) is 0 Å². The molecule has 0 saturated heterocycles. The molecule has 0 fully saturated rings. The van der Waals surface area contributed by atoms with E-state index in [-0.39, 0.29) is 11.8 Å². The van der Waals surface area contributed by atoms with Gasteiger partial charge in [-0.05, 0) is 306 Å². The Morgan fingerprint density at radius 2 is 0.458 bits per heavy atom. The largest absolute Gasteiger partial charge is 0.355 e. The summed E-state index contributed by atoms with van der Waals surface area (Å²) in [6.07, 6.45) is 37.8. The average Bonchev–Trinajstić information content (AvgIpc) is 1.63. The SMILES string of the molecule is CCC(CC)c1c2nc(c(C#Cc3ccc(-c4c5nc(c(C(CC)CC)c6ccc([nH]6)c(C#Cc6ccc(-c7c8nc(c(C(CC)CC)c9ccc(cc%10nc(c(C(CC)CC)c%11ccc7[nH]%11)C=C%10)[nH]9)C=C8)cc6)c6nc(c(C(CC)CC)c7ccc4[nH]7)C=C6)C=C5)cc3)c3ccc([nH]3)c(C(CC)CC)c3nc(cc4ccc1[nH]4)C=C3)C=C2. The van der Waals surface area contributed by atoms with Gasteiger partial charge in [-0.25, -0.2) is 29.9 Å². The molecule has 0 unspecified atom stereocenters. The molecule has 12 heteroatoms. The molecule has 15 heterocycles. The molecule has 6 N–H and O–H groups in total. The second-order valence-electron chi connectivity index (χ2n) is 32.2. The van der Waals surface area contributed by atoms with Gasteiger partial charge in [0, 0.05) is 111 Å².